The van der Waals surface area contributed by atoms with Gasteiger partial charge in [-0.25, -0.2) is 0 Å². The Bertz CT molecular complexity index is 156. The van der Waals surface area contributed by atoms with E-state index < -0.39 is 0 Å². The van der Waals surface area contributed by atoms with E-state index in [4.69, 9.17) is 0 Å². The molecule has 1 atom stereocenters. The molecule has 0 heterocycles. The van der Waals surface area contributed by atoms with Crippen LogP contribution in [0.25, 0.3) is 0 Å². The molecule has 2 heteroatoms. The molecule has 0 amide bonds. The molecule has 14 heavy (non-hydrogen) atoms. The molecule has 0 spiro atoms. The zero-order valence-corrected chi connectivity index (χ0v) is 10.2. The number of unbranched alkanes of at least 4 members (excludes halogenated alkanes) is 1. The predicted molar refractivity (Wildman–Crippen MR) is 62.4 cm³/mol. The van der Waals surface area contributed by atoms with Crippen LogP contribution in [0.1, 0.15) is 66.2 Å². The highest BCUT2D eigenvalue weighted by Crippen LogP contribution is 2.25. The lowest BCUT2D eigenvalue weighted by Gasteiger charge is -2.21. The second kappa shape index (κ2) is 6.97. The minimum absolute atomic E-state index is 0.301. The monoisotopic (exact) mass is 199 g/mol. The molecule has 0 saturated heterocycles. The van der Waals surface area contributed by atoms with Crippen molar-refractivity contribution in [1.82, 2.24) is 0 Å². The van der Waals surface area contributed by atoms with Gasteiger partial charge < -0.3 is 0 Å². The minimum atomic E-state index is -0.301. The molecular weight excluding hydrogens is 174 g/mol. The molecular formula is C12H25NO. The van der Waals surface area contributed by atoms with Crippen LogP contribution < -0.4 is 0 Å². The molecule has 0 radical (unpaired) electrons. The molecule has 84 valence electrons. The fourth-order valence-corrected chi connectivity index (χ4v) is 1.67. The fourth-order valence-electron chi connectivity index (χ4n) is 1.67. The first kappa shape index (κ1) is 13.6. The molecule has 0 aliphatic heterocycles. The minimum Gasteiger partial charge on any atom is -0.150 e. The lowest BCUT2D eigenvalue weighted by Crippen LogP contribution is -2.21. The molecule has 0 aromatic rings. The van der Waals surface area contributed by atoms with E-state index in [2.05, 4.69) is 25.9 Å². The normalized spacial score (nSPS) is 15.5. The summed E-state index contributed by atoms with van der Waals surface area (Å²) in [6, 6.07) is 0. The summed E-state index contributed by atoms with van der Waals surface area (Å²) in [5, 5.41) is 3.30. The van der Waals surface area contributed by atoms with Gasteiger partial charge in [0.1, 0.15) is 0 Å². The first-order valence-corrected chi connectivity index (χ1v) is 5.88. The second-order valence-electron chi connectivity index (χ2n) is 4.98. The van der Waals surface area contributed by atoms with Crippen molar-refractivity contribution >= 4 is 0 Å². The zero-order valence-electron chi connectivity index (χ0n) is 10.2. The van der Waals surface area contributed by atoms with E-state index in [0.717, 1.165) is 38.0 Å². The lowest BCUT2D eigenvalue weighted by atomic mass is 9.89. The van der Waals surface area contributed by atoms with Crippen molar-refractivity contribution < 1.29 is 0 Å². The number of hydrogen-bond donors (Lipinski definition) is 0. The van der Waals surface area contributed by atoms with Crippen LogP contribution in [0, 0.1) is 10.8 Å². The third-order valence-electron chi connectivity index (χ3n) is 2.79. The summed E-state index contributed by atoms with van der Waals surface area (Å²) in [4.78, 5) is 10.8. The van der Waals surface area contributed by atoms with Crippen molar-refractivity contribution in [3.05, 3.63) is 4.91 Å². The van der Waals surface area contributed by atoms with Gasteiger partial charge in [-0.05, 0) is 25.7 Å². The molecule has 0 aromatic carbocycles. The van der Waals surface area contributed by atoms with E-state index in [1.165, 1.54) is 6.42 Å². The van der Waals surface area contributed by atoms with Crippen LogP contribution in [0.2, 0.25) is 0 Å². The van der Waals surface area contributed by atoms with Gasteiger partial charge >= 0.3 is 0 Å². The van der Waals surface area contributed by atoms with Crippen LogP contribution in [0.3, 0.4) is 0 Å². The summed E-state index contributed by atoms with van der Waals surface area (Å²) in [7, 11) is 0. The van der Waals surface area contributed by atoms with Crippen LogP contribution in [-0.4, -0.2) is 5.54 Å². The standard InChI is InChI=1S/C12H25NO/c1-5-6-9-12(4,13-14)10-7-8-11(2)3/h11H,5-10H2,1-4H3. The molecule has 0 aliphatic carbocycles. The van der Waals surface area contributed by atoms with Crippen molar-refractivity contribution in [2.45, 2.75) is 71.8 Å². The Morgan fingerprint density at radius 3 is 2.21 bits per heavy atom. The van der Waals surface area contributed by atoms with Crippen LogP contribution in [0.4, 0.5) is 0 Å². The molecule has 0 aliphatic rings. The second-order valence-corrected chi connectivity index (χ2v) is 4.98. The van der Waals surface area contributed by atoms with Crippen molar-refractivity contribution in [3.8, 4) is 0 Å². The van der Waals surface area contributed by atoms with Gasteiger partial charge in [-0.3, -0.25) is 0 Å². The smallest absolute Gasteiger partial charge is 0.0998 e. The van der Waals surface area contributed by atoms with Crippen molar-refractivity contribution in [1.29, 1.82) is 0 Å². The average Bonchev–Trinajstić information content (AvgIpc) is 2.14. The van der Waals surface area contributed by atoms with E-state index in [1.807, 2.05) is 6.92 Å². The maximum absolute atomic E-state index is 10.8. The topological polar surface area (TPSA) is 29.4 Å². The Labute approximate surface area is 88.4 Å². The average molecular weight is 199 g/mol. The van der Waals surface area contributed by atoms with Crippen molar-refractivity contribution in [2.75, 3.05) is 0 Å². The number of rotatable bonds is 8. The largest absolute Gasteiger partial charge is 0.150 e. The first-order chi connectivity index (χ1) is 6.54. The van der Waals surface area contributed by atoms with Gasteiger partial charge in [0.25, 0.3) is 0 Å². The predicted octanol–water partition coefficient (Wildman–Crippen LogP) is 4.53. The summed E-state index contributed by atoms with van der Waals surface area (Å²) >= 11 is 0. The Kier molecular flexibility index (Phi) is 6.77. The van der Waals surface area contributed by atoms with Crippen molar-refractivity contribution in [3.63, 3.8) is 0 Å². The highest BCUT2D eigenvalue weighted by atomic mass is 16.3. The molecule has 0 aromatic heterocycles. The van der Waals surface area contributed by atoms with E-state index >= 15 is 0 Å². The summed E-state index contributed by atoms with van der Waals surface area (Å²) in [5.41, 5.74) is -0.301. The van der Waals surface area contributed by atoms with Crippen LogP contribution in [0.15, 0.2) is 5.18 Å². The van der Waals surface area contributed by atoms with Crippen molar-refractivity contribution in [2.24, 2.45) is 11.1 Å². The molecule has 0 rings (SSSR count). The lowest BCUT2D eigenvalue weighted by molar-refractivity contribution is 0.361. The van der Waals surface area contributed by atoms with Gasteiger partial charge in [0.15, 0.2) is 0 Å². The van der Waals surface area contributed by atoms with Crippen LogP contribution in [0.5, 0.6) is 0 Å². The molecule has 0 bridgehead atoms. The fraction of sp³-hybridized carbons (Fsp3) is 1.00. The van der Waals surface area contributed by atoms with E-state index in [9.17, 15) is 4.91 Å². The van der Waals surface area contributed by atoms with Crippen LogP contribution >= 0.6 is 0 Å². The van der Waals surface area contributed by atoms with Gasteiger partial charge in [-0.15, -0.1) is 0 Å². The number of nitrogens with zero attached hydrogens (tertiary/aromatic N) is 1. The Hall–Kier alpha value is -0.400. The molecule has 0 saturated carbocycles. The number of hydrogen-bond acceptors (Lipinski definition) is 2. The van der Waals surface area contributed by atoms with Gasteiger partial charge in [0.05, 0.1) is 5.54 Å². The summed E-state index contributed by atoms with van der Waals surface area (Å²) in [6.45, 7) is 8.59. The summed E-state index contributed by atoms with van der Waals surface area (Å²) < 4.78 is 0. The molecule has 0 N–H and O–H groups in total. The maximum Gasteiger partial charge on any atom is 0.0998 e. The third-order valence-corrected chi connectivity index (χ3v) is 2.79. The molecule has 1 unspecified atom stereocenters. The third kappa shape index (κ3) is 6.11. The molecule has 0 fully saturated rings. The maximum atomic E-state index is 10.8. The SMILES string of the molecule is CCCCC(C)(CCCC(C)C)N=O. The highest BCUT2D eigenvalue weighted by molar-refractivity contribution is 4.82. The van der Waals surface area contributed by atoms with Gasteiger partial charge in [0, 0.05) is 0 Å². The zero-order chi connectivity index (χ0) is 11.0. The van der Waals surface area contributed by atoms with Gasteiger partial charge in [0.2, 0.25) is 0 Å². The Balaban J connectivity index is 3.80. The van der Waals surface area contributed by atoms with E-state index in [0.29, 0.717) is 0 Å². The molecule has 2 nitrogen and oxygen atoms in total. The Morgan fingerprint density at radius 1 is 1.21 bits per heavy atom. The number of nitroso groups, excluding NO2 is 1. The van der Waals surface area contributed by atoms with Gasteiger partial charge in [-0.1, -0.05) is 51.6 Å². The van der Waals surface area contributed by atoms with Gasteiger partial charge in [-0.2, -0.15) is 4.91 Å². The van der Waals surface area contributed by atoms with E-state index in [1.54, 1.807) is 0 Å². The summed E-state index contributed by atoms with van der Waals surface area (Å²) in [5.74, 6) is 0.733. The van der Waals surface area contributed by atoms with Crippen LogP contribution in [-0.2, 0) is 0 Å². The first-order valence-electron chi connectivity index (χ1n) is 5.88. The quantitative estimate of drug-likeness (QED) is 0.528. The Morgan fingerprint density at radius 2 is 1.79 bits per heavy atom. The summed E-state index contributed by atoms with van der Waals surface area (Å²) in [6.07, 6.45) is 6.50. The van der Waals surface area contributed by atoms with E-state index in [-0.39, 0.29) is 5.54 Å². The highest BCUT2D eigenvalue weighted by Gasteiger charge is 2.23.